The normalized spacial score (nSPS) is 10.9. The van der Waals surface area contributed by atoms with Crippen molar-refractivity contribution in [3.05, 3.63) is 103 Å². The highest BCUT2D eigenvalue weighted by Gasteiger charge is 2.19. The number of hydrogen-bond donors (Lipinski definition) is 3. The molecule has 0 aliphatic rings. The maximum absolute atomic E-state index is 13.1. The molecule has 33 heavy (non-hydrogen) atoms. The van der Waals surface area contributed by atoms with Gasteiger partial charge in [-0.25, -0.2) is 13.2 Å². The molecule has 0 saturated heterocycles. The Balaban J connectivity index is 1.42. The van der Waals surface area contributed by atoms with Crippen molar-refractivity contribution in [2.45, 2.75) is 11.4 Å². The number of carbonyl (C=O) groups is 1. The summed E-state index contributed by atoms with van der Waals surface area (Å²) in [5.74, 6) is 0. The van der Waals surface area contributed by atoms with E-state index >= 15 is 0 Å². The monoisotopic (exact) mass is 459 g/mol. The molecule has 2 heterocycles. The van der Waals surface area contributed by atoms with Crippen molar-refractivity contribution in [1.29, 1.82) is 0 Å². The van der Waals surface area contributed by atoms with Crippen molar-refractivity contribution in [3.63, 3.8) is 0 Å². The van der Waals surface area contributed by atoms with Crippen LogP contribution in [0.3, 0.4) is 0 Å². The minimum atomic E-state index is -3.84. The minimum Gasteiger partial charge on any atom is -0.334 e. The Kier molecular flexibility index (Phi) is 6.61. The molecule has 2 aromatic heterocycles. The lowest BCUT2D eigenvalue weighted by molar-refractivity contribution is 0.251. The van der Waals surface area contributed by atoms with E-state index in [0.29, 0.717) is 23.5 Å². The van der Waals surface area contributed by atoms with Gasteiger partial charge in [0.05, 0.1) is 4.90 Å². The number of nitrogens with one attached hydrogen (secondary N) is 3. The third-order valence-corrected chi connectivity index (χ3v) is 6.18. The predicted molar refractivity (Wildman–Crippen MR) is 127 cm³/mol. The number of rotatable bonds is 7. The van der Waals surface area contributed by atoms with Crippen LogP contribution in [0.4, 0.5) is 16.2 Å². The zero-order valence-corrected chi connectivity index (χ0v) is 18.3. The Morgan fingerprint density at radius 2 is 1.52 bits per heavy atom. The van der Waals surface area contributed by atoms with Gasteiger partial charge in [0.25, 0.3) is 10.0 Å². The number of sulfonamides is 1. The van der Waals surface area contributed by atoms with E-state index in [4.69, 9.17) is 0 Å². The molecule has 4 rings (SSSR count). The number of pyridine rings is 2. The first-order valence-corrected chi connectivity index (χ1v) is 11.6. The van der Waals surface area contributed by atoms with E-state index in [-0.39, 0.29) is 10.9 Å². The van der Waals surface area contributed by atoms with E-state index in [1.54, 1.807) is 91.5 Å². The van der Waals surface area contributed by atoms with Gasteiger partial charge in [-0.1, -0.05) is 24.3 Å². The van der Waals surface area contributed by atoms with Gasteiger partial charge in [-0.2, -0.15) is 0 Å². The lowest BCUT2D eigenvalue weighted by Crippen LogP contribution is -2.28. The average Bonchev–Trinajstić information content (AvgIpc) is 2.85. The summed E-state index contributed by atoms with van der Waals surface area (Å²) in [4.78, 5) is 20.2. The van der Waals surface area contributed by atoms with Gasteiger partial charge in [-0.15, -0.1) is 0 Å². The van der Waals surface area contributed by atoms with Gasteiger partial charge in [0, 0.05) is 48.3 Å². The van der Waals surface area contributed by atoms with E-state index in [9.17, 15) is 13.2 Å². The molecule has 0 aliphatic carbocycles. The summed E-state index contributed by atoms with van der Waals surface area (Å²) < 4.78 is 28.7. The number of carbonyl (C=O) groups excluding carboxylic acids is 1. The van der Waals surface area contributed by atoms with Crippen LogP contribution in [0.2, 0.25) is 0 Å². The standard InChI is InChI=1S/C24H21N5O3S/c30-24(27-17-18-4-3-13-26-16-18)28-20-7-9-21(10-8-20)29-33(31,32)23-6-2-1-5-22(23)19-11-14-25-15-12-19/h1-16,29H,17H2,(H2,27,28,30). The fraction of sp³-hybridized carbons (Fsp3) is 0.0417. The zero-order valence-electron chi connectivity index (χ0n) is 17.5. The van der Waals surface area contributed by atoms with Gasteiger partial charge >= 0.3 is 6.03 Å². The molecular weight excluding hydrogens is 438 g/mol. The number of amides is 2. The quantitative estimate of drug-likeness (QED) is 0.382. The van der Waals surface area contributed by atoms with Crippen LogP contribution in [0.5, 0.6) is 0 Å². The Hall–Kier alpha value is -4.24. The summed E-state index contributed by atoms with van der Waals surface area (Å²) in [6, 6.07) is 20.0. The van der Waals surface area contributed by atoms with Crippen molar-refractivity contribution in [2.75, 3.05) is 10.0 Å². The molecule has 0 saturated carbocycles. The molecule has 0 radical (unpaired) electrons. The van der Waals surface area contributed by atoms with Crippen molar-refractivity contribution in [2.24, 2.45) is 0 Å². The van der Waals surface area contributed by atoms with Gasteiger partial charge in [-0.05, 0) is 59.7 Å². The molecule has 166 valence electrons. The van der Waals surface area contributed by atoms with E-state index in [0.717, 1.165) is 11.1 Å². The van der Waals surface area contributed by atoms with Gasteiger partial charge in [0.1, 0.15) is 0 Å². The van der Waals surface area contributed by atoms with Crippen LogP contribution in [-0.2, 0) is 16.6 Å². The molecule has 0 fully saturated rings. The first-order valence-electron chi connectivity index (χ1n) is 10.1. The Morgan fingerprint density at radius 3 is 2.24 bits per heavy atom. The van der Waals surface area contributed by atoms with Crippen LogP contribution < -0.4 is 15.4 Å². The number of anilines is 2. The van der Waals surface area contributed by atoms with Crippen molar-refractivity contribution < 1.29 is 13.2 Å². The Morgan fingerprint density at radius 1 is 0.788 bits per heavy atom. The lowest BCUT2D eigenvalue weighted by Gasteiger charge is -2.13. The molecular formula is C24H21N5O3S. The largest absolute Gasteiger partial charge is 0.334 e. The van der Waals surface area contributed by atoms with Crippen LogP contribution in [-0.4, -0.2) is 24.4 Å². The van der Waals surface area contributed by atoms with E-state index in [2.05, 4.69) is 25.3 Å². The number of urea groups is 1. The summed E-state index contributed by atoms with van der Waals surface area (Å²) in [6.07, 6.45) is 6.57. The molecule has 3 N–H and O–H groups in total. The summed E-state index contributed by atoms with van der Waals surface area (Å²) in [7, 11) is -3.84. The van der Waals surface area contributed by atoms with Crippen molar-refractivity contribution in [3.8, 4) is 11.1 Å². The topological polar surface area (TPSA) is 113 Å². The number of benzene rings is 2. The molecule has 0 atom stereocenters. The third-order valence-electron chi connectivity index (χ3n) is 4.74. The van der Waals surface area contributed by atoms with E-state index in [1.807, 2.05) is 6.07 Å². The Labute approximate surface area is 191 Å². The van der Waals surface area contributed by atoms with E-state index < -0.39 is 10.0 Å². The Bertz CT molecular complexity index is 1330. The second-order valence-corrected chi connectivity index (χ2v) is 8.73. The van der Waals surface area contributed by atoms with E-state index in [1.165, 1.54) is 0 Å². The van der Waals surface area contributed by atoms with Crippen molar-refractivity contribution in [1.82, 2.24) is 15.3 Å². The second kappa shape index (κ2) is 9.92. The van der Waals surface area contributed by atoms with Crippen molar-refractivity contribution >= 4 is 27.4 Å². The number of aromatic nitrogens is 2. The van der Waals surface area contributed by atoms with Gasteiger partial charge in [0.15, 0.2) is 0 Å². The molecule has 0 aliphatic heterocycles. The van der Waals surface area contributed by atoms with Gasteiger partial charge in [0.2, 0.25) is 0 Å². The molecule has 2 amide bonds. The number of hydrogen-bond acceptors (Lipinski definition) is 5. The molecule has 0 spiro atoms. The number of nitrogens with zero attached hydrogens (tertiary/aromatic N) is 2. The summed E-state index contributed by atoms with van der Waals surface area (Å²) in [5, 5.41) is 5.45. The minimum absolute atomic E-state index is 0.160. The lowest BCUT2D eigenvalue weighted by atomic mass is 10.1. The molecule has 4 aromatic rings. The zero-order chi connectivity index (χ0) is 23.1. The molecule has 0 unspecified atom stereocenters. The maximum atomic E-state index is 13.1. The van der Waals surface area contributed by atoms with Gasteiger partial charge in [-0.3, -0.25) is 14.7 Å². The van der Waals surface area contributed by atoms with Crippen LogP contribution in [0.15, 0.2) is 102 Å². The summed E-state index contributed by atoms with van der Waals surface area (Å²) in [5.41, 5.74) is 3.11. The molecule has 9 heteroatoms. The summed E-state index contributed by atoms with van der Waals surface area (Å²) in [6.45, 7) is 0.342. The fourth-order valence-corrected chi connectivity index (χ4v) is 4.45. The summed E-state index contributed by atoms with van der Waals surface area (Å²) >= 11 is 0. The van der Waals surface area contributed by atoms with Crippen LogP contribution in [0.25, 0.3) is 11.1 Å². The SMILES string of the molecule is O=C(NCc1cccnc1)Nc1ccc(NS(=O)(=O)c2ccccc2-c2ccncc2)cc1. The smallest absolute Gasteiger partial charge is 0.319 e. The van der Waals surface area contributed by atoms with Crippen LogP contribution >= 0.6 is 0 Å². The third kappa shape index (κ3) is 5.72. The van der Waals surface area contributed by atoms with Crippen LogP contribution in [0, 0.1) is 0 Å². The molecule has 8 nitrogen and oxygen atoms in total. The fourth-order valence-electron chi connectivity index (χ4n) is 3.16. The average molecular weight is 460 g/mol. The van der Waals surface area contributed by atoms with Crippen LogP contribution in [0.1, 0.15) is 5.56 Å². The highest BCUT2D eigenvalue weighted by atomic mass is 32.2. The first kappa shape index (κ1) is 22.0. The highest BCUT2D eigenvalue weighted by molar-refractivity contribution is 7.92. The molecule has 2 aromatic carbocycles. The van der Waals surface area contributed by atoms with Gasteiger partial charge < -0.3 is 10.6 Å². The first-order chi connectivity index (χ1) is 16.0. The predicted octanol–water partition coefficient (Wildman–Crippen LogP) is 4.27. The second-order valence-electron chi connectivity index (χ2n) is 7.08. The molecule has 0 bridgehead atoms. The highest BCUT2D eigenvalue weighted by Crippen LogP contribution is 2.28. The maximum Gasteiger partial charge on any atom is 0.319 e.